The van der Waals surface area contributed by atoms with Crippen molar-refractivity contribution in [2.75, 3.05) is 59.2 Å². The first-order valence-electron chi connectivity index (χ1n) is 13.0. The summed E-state index contributed by atoms with van der Waals surface area (Å²) in [6.07, 6.45) is -0.115. The molecule has 0 radical (unpaired) electrons. The molecule has 0 aromatic carbocycles. The number of nitrogens with zero attached hydrogens (tertiary/aromatic N) is 4. The van der Waals surface area contributed by atoms with E-state index in [-0.39, 0.29) is 30.0 Å². The van der Waals surface area contributed by atoms with Gasteiger partial charge in [-0.25, -0.2) is 9.78 Å². The molecule has 2 aromatic rings. The number of Topliss-reactive ketones (excluding diaryl/α,β-unsaturated/α-hetero) is 1. The van der Waals surface area contributed by atoms with Crippen LogP contribution in [-0.4, -0.2) is 103 Å². The summed E-state index contributed by atoms with van der Waals surface area (Å²) in [4.78, 5) is 57.2. The molecule has 11 nitrogen and oxygen atoms in total. The van der Waals surface area contributed by atoms with Crippen molar-refractivity contribution in [3.8, 4) is 0 Å². The van der Waals surface area contributed by atoms with Gasteiger partial charge in [0, 0.05) is 44.5 Å². The topological polar surface area (TPSA) is 128 Å². The smallest absolute Gasteiger partial charge is 0.356 e. The number of amides is 2. The summed E-state index contributed by atoms with van der Waals surface area (Å²) in [5.41, 5.74) is 2.33. The summed E-state index contributed by atoms with van der Waals surface area (Å²) in [6.45, 7) is 12.5. The van der Waals surface area contributed by atoms with Crippen LogP contribution in [0.4, 0.5) is 0 Å². The third kappa shape index (κ3) is 11.7. The van der Waals surface area contributed by atoms with E-state index in [0.29, 0.717) is 57.5 Å². The number of ketones is 1. The molecule has 0 saturated carbocycles. The monoisotopic (exact) mass is 542 g/mol. The van der Waals surface area contributed by atoms with Crippen LogP contribution in [0, 0.1) is 13.8 Å². The van der Waals surface area contributed by atoms with Crippen molar-refractivity contribution in [1.29, 1.82) is 0 Å². The molecule has 0 unspecified atom stereocenters. The highest BCUT2D eigenvalue weighted by atomic mass is 16.5. The summed E-state index contributed by atoms with van der Waals surface area (Å²) in [7, 11) is 0. The molecule has 11 heteroatoms. The Morgan fingerprint density at radius 1 is 0.795 bits per heavy atom. The number of rotatable bonds is 5. The van der Waals surface area contributed by atoms with Crippen LogP contribution in [-0.2, 0) is 23.8 Å². The van der Waals surface area contributed by atoms with Crippen LogP contribution in [0.2, 0.25) is 0 Å². The molecule has 0 spiro atoms. The molecule has 0 atom stereocenters. The Balaban J connectivity index is 0.000000220. The van der Waals surface area contributed by atoms with Crippen molar-refractivity contribution in [1.82, 2.24) is 19.8 Å². The highest BCUT2D eigenvalue weighted by Crippen LogP contribution is 2.06. The zero-order valence-electron chi connectivity index (χ0n) is 23.2. The summed E-state index contributed by atoms with van der Waals surface area (Å²) in [5.74, 6) is -0.582. The van der Waals surface area contributed by atoms with Gasteiger partial charge >= 0.3 is 5.97 Å². The minimum Gasteiger partial charge on any atom is -0.461 e. The second-order valence-corrected chi connectivity index (χ2v) is 8.76. The number of carbonyl (C=O) groups is 4. The Bertz CT molecular complexity index is 1100. The van der Waals surface area contributed by atoms with E-state index in [1.54, 1.807) is 47.9 Å². The lowest BCUT2D eigenvalue weighted by Crippen LogP contribution is -2.41. The molecule has 39 heavy (non-hydrogen) atoms. The molecule has 212 valence electrons. The van der Waals surface area contributed by atoms with E-state index >= 15 is 0 Å². The van der Waals surface area contributed by atoms with E-state index < -0.39 is 0 Å². The van der Waals surface area contributed by atoms with Crippen LogP contribution < -0.4 is 0 Å². The molecular formula is C28H38N4O7. The molecule has 2 saturated heterocycles. The zero-order valence-corrected chi connectivity index (χ0v) is 23.2. The predicted octanol–water partition coefficient (Wildman–Crippen LogP) is 2.25. The van der Waals surface area contributed by atoms with E-state index in [4.69, 9.17) is 14.2 Å². The Morgan fingerprint density at radius 3 is 1.74 bits per heavy atom. The fraction of sp³-hybridized carbons (Fsp3) is 0.500. The molecule has 2 fully saturated rings. The van der Waals surface area contributed by atoms with Crippen LogP contribution >= 0.6 is 0 Å². The number of aromatic nitrogens is 2. The van der Waals surface area contributed by atoms with Gasteiger partial charge in [-0.05, 0) is 45.0 Å². The molecule has 2 aliphatic heterocycles. The summed E-state index contributed by atoms with van der Waals surface area (Å²) < 4.78 is 15.0. The van der Waals surface area contributed by atoms with Crippen LogP contribution in [0.1, 0.15) is 52.6 Å². The van der Waals surface area contributed by atoms with Gasteiger partial charge in [-0.3, -0.25) is 19.4 Å². The van der Waals surface area contributed by atoms with Crippen LogP contribution in [0.5, 0.6) is 0 Å². The number of esters is 1. The van der Waals surface area contributed by atoms with Gasteiger partial charge in [-0.2, -0.15) is 0 Å². The number of morpholine rings is 2. The normalized spacial score (nSPS) is 14.7. The number of carbonyl (C=O) groups excluding carboxylic acids is 4. The van der Waals surface area contributed by atoms with E-state index in [1.807, 2.05) is 26.0 Å². The SMILES string of the molecule is CC(=O)N1CCOCC1.CCOC(=O)c1cccc(C)n1.Cc1cccc(C(=O)CC(=O)N2CCOCC2)n1. The van der Waals surface area contributed by atoms with Gasteiger partial charge in [-0.15, -0.1) is 0 Å². The van der Waals surface area contributed by atoms with E-state index in [0.717, 1.165) is 24.5 Å². The zero-order chi connectivity index (χ0) is 28.6. The summed E-state index contributed by atoms with van der Waals surface area (Å²) in [6, 6.07) is 10.5. The molecule has 4 rings (SSSR count). The molecule has 2 aliphatic rings. The molecule has 2 aromatic heterocycles. The number of hydrogen-bond donors (Lipinski definition) is 0. The van der Waals surface area contributed by atoms with Crippen molar-refractivity contribution in [2.24, 2.45) is 0 Å². The minimum absolute atomic E-state index is 0.115. The fourth-order valence-corrected chi connectivity index (χ4v) is 3.59. The van der Waals surface area contributed by atoms with Crippen molar-refractivity contribution in [3.05, 3.63) is 59.2 Å². The van der Waals surface area contributed by atoms with Crippen molar-refractivity contribution < 1.29 is 33.4 Å². The maximum atomic E-state index is 11.9. The van der Waals surface area contributed by atoms with Gasteiger partial charge in [0.15, 0.2) is 5.78 Å². The fourth-order valence-electron chi connectivity index (χ4n) is 3.59. The Hall–Kier alpha value is -3.70. The lowest BCUT2D eigenvalue weighted by molar-refractivity contribution is -0.134. The first kappa shape index (κ1) is 31.5. The highest BCUT2D eigenvalue weighted by Gasteiger charge is 2.20. The van der Waals surface area contributed by atoms with Gasteiger partial charge in [0.1, 0.15) is 11.4 Å². The minimum atomic E-state index is -0.360. The van der Waals surface area contributed by atoms with Crippen molar-refractivity contribution in [2.45, 2.75) is 34.1 Å². The maximum absolute atomic E-state index is 11.9. The second kappa shape index (κ2) is 17.0. The third-order valence-corrected chi connectivity index (χ3v) is 5.68. The summed E-state index contributed by atoms with van der Waals surface area (Å²) >= 11 is 0. The molecule has 0 N–H and O–H groups in total. The first-order chi connectivity index (χ1) is 18.7. The second-order valence-electron chi connectivity index (χ2n) is 8.76. The van der Waals surface area contributed by atoms with Gasteiger partial charge in [-0.1, -0.05) is 12.1 Å². The predicted molar refractivity (Wildman–Crippen MR) is 143 cm³/mol. The average Bonchev–Trinajstić information content (AvgIpc) is 2.95. The number of ether oxygens (including phenoxy) is 3. The van der Waals surface area contributed by atoms with Gasteiger partial charge in [0.25, 0.3) is 0 Å². The third-order valence-electron chi connectivity index (χ3n) is 5.68. The number of aryl methyl sites for hydroxylation is 2. The van der Waals surface area contributed by atoms with Crippen molar-refractivity contribution in [3.63, 3.8) is 0 Å². The molecule has 2 amide bonds. The Morgan fingerprint density at radius 2 is 1.28 bits per heavy atom. The lowest BCUT2D eigenvalue weighted by Gasteiger charge is -2.26. The van der Waals surface area contributed by atoms with E-state index in [9.17, 15) is 19.2 Å². The molecule has 0 aliphatic carbocycles. The average molecular weight is 543 g/mol. The van der Waals surface area contributed by atoms with E-state index in [2.05, 4.69) is 9.97 Å². The van der Waals surface area contributed by atoms with Crippen molar-refractivity contribution >= 4 is 23.6 Å². The quantitative estimate of drug-likeness (QED) is 0.317. The van der Waals surface area contributed by atoms with Gasteiger partial charge in [0.05, 0.1) is 39.5 Å². The first-order valence-corrected chi connectivity index (χ1v) is 13.0. The van der Waals surface area contributed by atoms with Gasteiger partial charge in [0.2, 0.25) is 11.8 Å². The van der Waals surface area contributed by atoms with Crippen LogP contribution in [0.3, 0.4) is 0 Å². The molecular weight excluding hydrogens is 504 g/mol. The highest BCUT2D eigenvalue weighted by molar-refractivity contribution is 6.06. The maximum Gasteiger partial charge on any atom is 0.356 e. The van der Waals surface area contributed by atoms with Crippen LogP contribution in [0.15, 0.2) is 36.4 Å². The van der Waals surface area contributed by atoms with Gasteiger partial charge < -0.3 is 24.0 Å². The summed E-state index contributed by atoms with van der Waals surface area (Å²) in [5, 5.41) is 0. The standard InChI is InChI=1S/C13H16N2O3.C9H11NO2.C6H11NO2/c1-10-3-2-4-11(14-10)12(16)9-13(17)15-5-7-18-8-6-15;1-3-12-9(11)8-6-4-5-7(2)10-8;1-6(8)7-2-4-9-5-3-7/h2-4H,5-9H2,1H3;4-6H,3H2,1-2H3;2-5H2,1H3. The number of hydrogen-bond acceptors (Lipinski definition) is 9. The Labute approximate surface area is 229 Å². The number of pyridine rings is 2. The lowest BCUT2D eigenvalue weighted by atomic mass is 10.1. The molecule has 4 heterocycles. The van der Waals surface area contributed by atoms with Crippen LogP contribution in [0.25, 0.3) is 0 Å². The Kier molecular flexibility index (Phi) is 13.7. The largest absolute Gasteiger partial charge is 0.461 e. The van der Waals surface area contributed by atoms with E-state index in [1.165, 1.54) is 0 Å². The molecule has 0 bridgehead atoms.